The van der Waals surface area contributed by atoms with Crippen molar-refractivity contribution in [2.24, 2.45) is 11.8 Å². The largest absolute Gasteiger partial charge is 0.491 e. The smallest absolute Gasteiger partial charge is 0.238 e. The van der Waals surface area contributed by atoms with Crippen LogP contribution in [0.3, 0.4) is 0 Å². The van der Waals surface area contributed by atoms with Gasteiger partial charge in [-0.05, 0) is 58.7 Å². The quantitative estimate of drug-likeness (QED) is 0.397. The molecule has 2 bridgehead atoms. The van der Waals surface area contributed by atoms with Crippen LogP contribution < -0.4 is 9.64 Å². The van der Waals surface area contributed by atoms with Crippen molar-refractivity contribution in [2.75, 3.05) is 11.5 Å². The first-order chi connectivity index (χ1) is 17.1. The van der Waals surface area contributed by atoms with Crippen molar-refractivity contribution in [1.82, 2.24) is 0 Å². The maximum absolute atomic E-state index is 14.1. The number of imide groups is 1. The van der Waals surface area contributed by atoms with Gasteiger partial charge in [-0.15, -0.1) is 0 Å². The number of para-hydroxylation sites is 2. The Morgan fingerprint density at radius 1 is 0.800 bits per heavy atom. The van der Waals surface area contributed by atoms with Gasteiger partial charge in [0.1, 0.15) is 5.75 Å². The number of ether oxygens (including phenoxy) is 1. The topological polar surface area (TPSA) is 46.6 Å². The molecule has 1 fully saturated rings. The highest BCUT2D eigenvalue weighted by Crippen LogP contribution is 2.61. The third-order valence-electron chi connectivity index (χ3n) is 8.31. The van der Waals surface area contributed by atoms with E-state index in [0.29, 0.717) is 24.0 Å². The van der Waals surface area contributed by atoms with Crippen molar-refractivity contribution in [1.29, 1.82) is 0 Å². The summed E-state index contributed by atoms with van der Waals surface area (Å²) in [5.74, 6) is -0.143. The molecule has 0 radical (unpaired) electrons. The minimum Gasteiger partial charge on any atom is -0.491 e. The van der Waals surface area contributed by atoms with Crippen LogP contribution in [0.2, 0.25) is 0 Å². The van der Waals surface area contributed by atoms with Gasteiger partial charge in [-0.25, -0.2) is 4.90 Å². The molecule has 4 nitrogen and oxygen atoms in total. The summed E-state index contributed by atoms with van der Waals surface area (Å²) >= 11 is 0. The predicted molar refractivity (Wildman–Crippen MR) is 137 cm³/mol. The van der Waals surface area contributed by atoms with E-state index >= 15 is 0 Å². The molecular weight excluding hydrogens is 434 g/mol. The van der Waals surface area contributed by atoms with Gasteiger partial charge >= 0.3 is 0 Å². The van der Waals surface area contributed by atoms with E-state index in [0.717, 1.165) is 12.8 Å². The number of anilines is 1. The molecule has 0 spiro atoms. The van der Waals surface area contributed by atoms with Crippen molar-refractivity contribution in [3.05, 3.63) is 94.5 Å². The number of nitrogens with zero attached hydrogens (tertiary/aromatic N) is 1. The Kier molecular flexibility index (Phi) is 5.28. The van der Waals surface area contributed by atoms with Crippen molar-refractivity contribution >= 4 is 17.5 Å². The number of carbonyl (C=O) groups excluding carboxylic acids is 2. The van der Waals surface area contributed by atoms with Gasteiger partial charge < -0.3 is 4.74 Å². The Morgan fingerprint density at radius 3 is 2.06 bits per heavy atom. The van der Waals surface area contributed by atoms with Crippen LogP contribution >= 0.6 is 0 Å². The minimum atomic E-state index is -0.388. The Morgan fingerprint density at radius 2 is 1.40 bits per heavy atom. The molecule has 5 unspecified atom stereocenters. The second-order valence-corrected chi connectivity index (χ2v) is 10.2. The highest BCUT2D eigenvalue weighted by Gasteiger charge is 2.62. The van der Waals surface area contributed by atoms with Crippen LogP contribution in [-0.4, -0.2) is 18.4 Å². The molecule has 1 heterocycles. The fourth-order valence-corrected chi connectivity index (χ4v) is 6.50. The molecule has 0 N–H and O–H groups in total. The monoisotopic (exact) mass is 465 g/mol. The summed E-state index contributed by atoms with van der Waals surface area (Å²) < 4.78 is 5.95. The van der Waals surface area contributed by atoms with Crippen LogP contribution in [0.4, 0.5) is 5.69 Å². The van der Waals surface area contributed by atoms with Crippen molar-refractivity contribution in [3.63, 3.8) is 0 Å². The molecular formula is C31H31NO3. The maximum atomic E-state index is 14.1. The Balaban J connectivity index is 1.50. The lowest BCUT2D eigenvalue weighted by Crippen LogP contribution is -2.41. The van der Waals surface area contributed by atoms with E-state index in [4.69, 9.17) is 4.74 Å². The van der Waals surface area contributed by atoms with Crippen LogP contribution in [0.5, 0.6) is 5.75 Å². The van der Waals surface area contributed by atoms with Gasteiger partial charge in [0.25, 0.3) is 0 Å². The van der Waals surface area contributed by atoms with Crippen LogP contribution in [-0.2, 0) is 9.59 Å². The summed E-state index contributed by atoms with van der Waals surface area (Å²) in [5, 5.41) is 0. The first kappa shape index (κ1) is 22.1. The molecule has 0 aromatic heterocycles. The maximum Gasteiger partial charge on any atom is 0.238 e. The predicted octanol–water partition coefficient (Wildman–Crippen LogP) is 6.39. The Hall–Kier alpha value is -3.40. The number of rotatable bonds is 6. The SMILES string of the molecule is CCCOc1ccccc1N1C(=O)C2C3c4ccccc4C(c4cc(C(C)CC)ccc43)C2C1=O. The summed E-state index contributed by atoms with van der Waals surface area (Å²) in [4.78, 5) is 29.6. The van der Waals surface area contributed by atoms with Gasteiger partial charge in [-0.1, -0.05) is 75.4 Å². The van der Waals surface area contributed by atoms with Gasteiger partial charge in [-0.2, -0.15) is 0 Å². The van der Waals surface area contributed by atoms with E-state index in [9.17, 15) is 9.59 Å². The standard InChI is InChI=1S/C31H31NO3/c1-4-16-35-25-13-9-8-12-24(25)32-30(33)28-26-20-10-6-7-11-21(20)27(29(28)31(32)34)23-17-19(18(3)5-2)14-15-22(23)26/h6-15,17-18,26-29H,4-5,16H2,1-3H3. The number of amides is 2. The van der Waals surface area contributed by atoms with Gasteiger partial charge in [0.2, 0.25) is 11.8 Å². The molecule has 2 amide bonds. The molecule has 5 atom stereocenters. The van der Waals surface area contributed by atoms with Gasteiger partial charge in [0, 0.05) is 11.8 Å². The summed E-state index contributed by atoms with van der Waals surface area (Å²) in [6.45, 7) is 7.04. The lowest BCUT2D eigenvalue weighted by Gasteiger charge is -2.46. The number of carbonyl (C=O) groups is 2. The third-order valence-corrected chi connectivity index (χ3v) is 8.31. The molecule has 3 aromatic carbocycles. The van der Waals surface area contributed by atoms with Crippen LogP contribution in [0, 0.1) is 11.8 Å². The average Bonchev–Trinajstić information content (AvgIpc) is 3.17. The van der Waals surface area contributed by atoms with Crippen molar-refractivity contribution < 1.29 is 14.3 Å². The number of hydrogen-bond donors (Lipinski definition) is 0. The lowest BCUT2D eigenvalue weighted by atomic mass is 9.54. The highest BCUT2D eigenvalue weighted by molar-refractivity contribution is 6.24. The average molecular weight is 466 g/mol. The fourth-order valence-electron chi connectivity index (χ4n) is 6.50. The molecule has 178 valence electrons. The van der Waals surface area contributed by atoms with Crippen LogP contribution in [0.1, 0.15) is 79.2 Å². The summed E-state index contributed by atoms with van der Waals surface area (Å²) in [6.07, 6.45) is 1.92. The zero-order valence-corrected chi connectivity index (χ0v) is 20.5. The molecule has 4 aliphatic rings. The number of benzene rings is 3. The van der Waals surface area contributed by atoms with E-state index in [1.54, 1.807) is 0 Å². The fraction of sp³-hybridized carbons (Fsp3) is 0.355. The molecule has 3 aliphatic carbocycles. The molecule has 7 rings (SSSR count). The molecule has 35 heavy (non-hydrogen) atoms. The summed E-state index contributed by atoms with van der Waals surface area (Å²) in [6, 6.07) is 22.6. The van der Waals surface area contributed by atoms with Gasteiger partial charge in [0.05, 0.1) is 24.1 Å². The first-order valence-electron chi connectivity index (χ1n) is 12.9. The van der Waals surface area contributed by atoms with E-state index in [1.807, 2.05) is 31.2 Å². The molecule has 0 saturated carbocycles. The van der Waals surface area contributed by atoms with E-state index in [2.05, 4.69) is 56.3 Å². The number of hydrogen-bond acceptors (Lipinski definition) is 3. The first-order valence-corrected chi connectivity index (χ1v) is 12.9. The molecule has 4 heteroatoms. The molecule has 1 saturated heterocycles. The second kappa shape index (κ2) is 8.37. The lowest BCUT2D eigenvalue weighted by molar-refractivity contribution is -0.122. The van der Waals surface area contributed by atoms with Gasteiger partial charge in [0.15, 0.2) is 0 Å². The summed E-state index contributed by atoms with van der Waals surface area (Å²) in [7, 11) is 0. The second-order valence-electron chi connectivity index (χ2n) is 10.2. The molecule has 1 aliphatic heterocycles. The van der Waals surface area contributed by atoms with E-state index < -0.39 is 0 Å². The summed E-state index contributed by atoms with van der Waals surface area (Å²) in [5.41, 5.74) is 6.71. The van der Waals surface area contributed by atoms with Crippen molar-refractivity contribution in [3.8, 4) is 5.75 Å². The van der Waals surface area contributed by atoms with E-state index in [-0.39, 0.29) is 35.5 Å². The van der Waals surface area contributed by atoms with E-state index in [1.165, 1.54) is 32.7 Å². The molecule has 3 aromatic rings. The Bertz CT molecular complexity index is 1330. The third kappa shape index (κ3) is 3.12. The minimum absolute atomic E-state index is 0.100. The Labute approximate surface area is 206 Å². The normalized spacial score (nSPS) is 24.7. The zero-order valence-electron chi connectivity index (χ0n) is 20.5. The zero-order chi connectivity index (χ0) is 24.3. The van der Waals surface area contributed by atoms with Crippen LogP contribution in [0.25, 0.3) is 0 Å². The van der Waals surface area contributed by atoms with Gasteiger partial charge in [-0.3, -0.25) is 9.59 Å². The highest BCUT2D eigenvalue weighted by atomic mass is 16.5. The van der Waals surface area contributed by atoms with Crippen molar-refractivity contribution in [2.45, 2.75) is 51.4 Å². The van der Waals surface area contributed by atoms with Crippen LogP contribution in [0.15, 0.2) is 66.7 Å².